The molecule has 0 fully saturated rings. The van der Waals surface area contributed by atoms with Crippen LogP contribution in [0.4, 0.5) is 0 Å². The lowest BCUT2D eigenvalue weighted by Gasteiger charge is -2.26. The topological polar surface area (TPSA) is 35.5 Å². The van der Waals surface area contributed by atoms with Gasteiger partial charge in [-0.05, 0) is 60.8 Å². The monoisotopic (exact) mass is 202 g/mol. The summed E-state index contributed by atoms with van der Waals surface area (Å²) in [7, 11) is 4.18. The van der Waals surface area contributed by atoms with Crippen LogP contribution in [-0.2, 0) is 0 Å². The third-order valence-electron chi connectivity index (χ3n) is 2.54. The largest absolute Gasteiger partial charge is 0.389 e. The molecule has 0 aromatic rings. The van der Waals surface area contributed by atoms with Crippen LogP contribution in [0.3, 0.4) is 0 Å². The maximum atomic E-state index is 9.66. The first-order chi connectivity index (χ1) is 6.34. The molecular formula is C11H26N2O. The SMILES string of the molecule is CC(NCCCCN(C)C)C(C)(C)O. The zero-order chi connectivity index (χ0) is 11.2. The Bertz CT molecular complexity index is 141. The molecule has 1 unspecified atom stereocenters. The molecule has 3 heteroatoms. The number of aliphatic hydroxyl groups is 1. The third kappa shape index (κ3) is 7.30. The summed E-state index contributed by atoms with van der Waals surface area (Å²) < 4.78 is 0. The lowest BCUT2D eigenvalue weighted by atomic mass is 10.0. The summed E-state index contributed by atoms with van der Waals surface area (Å²) in [6.07, 6.45) is 2.37. The first kappa shape index (κ1) is 13.9. The summed E-state index contributed by atoms with van der Waals surface area (Å²) in [6, 6.07) is 0.154. The minimum atomic E-state index is -0.623. The van der Waals surface area contributed by atoms with E-state index >= 15 is 0 Å². The molecule has 14 heavy (non-hydrogen) atoms. The van der Waals surface area contributed by atoms with E-state index in [2.05, 4.69) is 24.3 Å². The van der Waals surface area contributed by atoms with Gasteiger partial charge in [0, 0.05) is 6.04 Å². The summed E-state index contributed by atoms with van der Waals surface area (Å²) in [4.78, 5) is 2.19. The van der Waals surface area contributed by atoms with E-state index in [1.54, 1.807) is 0 Å². The van der Waals surface area contributed by atoms with Gasteiger partial charge in [-0.2, -0.15) is 0 Å². The van der Waals surface area contributed by atoms with Gasteiger partial charge in [-0.3, -0.25) is 0 Å². The van der Waals surface area contributed by atoms with E-state index in [0.717, 1.165) is 13.1 Å². The highest BCUT2D eigenvalue weighted by Crippen LogP contribution is 2.07. The molecule has 0 rings (SSSR count). The minimum absolute atomic E-state index is 0.154. The number of hydrogen-bond acceptors (Lipinski definition) is 3. The lowest BCUT2D eigenvalue weighted by molar-refractivity contribution is 0.0443. The second-order valence-electron chi connectivity index (χ2n) is 4.84. The summed E-state index contributed by atoms with van der Waals surface area (Å²) >= 11 is 0. The van der Waals surface area contributed by atoms with E-state index in [-0.39, 0.29) is 6.04 Å². The van der Waals surface area contributed by atoms with Gasteiger partial charge in [0.15, 0.2) is 0 Å². The smallest absolute Gasteiger partial charge is 0.0741 e. The Hall–Kier alpha value is -0.120. The zero-order valence-corrected chi connectivity index (χ0v) is 10.3. The van der Waals surface area contributed by atoms with Crippen LogP contribution in [0.1, 0.15) is 33.6 Å². The van der Waals surface area contributed by atoms with E-state index in [4.69, 9.17) is 0 Å². The molecule has 0 aliphatic rings. The zero-order valence-electron chi connectivity index (χ0n) is 10.3. The average molecular weight is 202 g/mol. The molecule has 0 aromatic heterocycles. The molecule has 1 atom stereocenters. The van der Waals surface area contributed by atoms with E-state index in [1.165, 1.54) is 12.8 Å². The van der Waals surface area contributed by atoms with Crippen molar-refractivity contribution in [2.45, 2.75) is 45.3 Å². The molecular weight excluding hydrogens is 176 g/mol. The van der Waals surface area contributed by atoms with E-state index < -0.39 is 5.60 Å². The molecule has 0 spiro atoms. The van der Waals surface area contributed by atoms with Crippen molar-refractivity contribution >= 4 is 0 Å². The summed E-state index contributed by atoms with van der Waals surface area (Å²) in [5, 5.41) is 13.0. The third-order valence-corrected chi connectivity index (χ3v) is 2.54. The van der Waals surface area contributed by atoms with Crippen molar-refractivity contribution in [3.8, 4) is 0 Å². The molecule has 0 aliphatic carbocycles. The number of rotatable bonds is 7. The minimum Gasteiger partial charge on any atom is -0.389 e. The molecule has 2 N–H and O–H groups in total. The fourth-order valence-electron chi connectivity index (χ4n) is 1.12. The Morgan fingerprint density at radius 3 is 2.29 bits per heavy atom. The highest BCUT2D eigenvalue weighted by atomic mass is 16.3. The first-order valence-electron chi connectivity index (χ1n) is 5.44. The van der Waals surface area contributed by atoms with Gasteiger partial charge in [0.25, 0.3) is 0 Å². The quantitative estimate of drug-likeness (QED) is 0.606. The van der Waals surface area contributed by atoms with Crippen molar-refractivity contribution in [3.63, 3.8) is 0 Å². The fourth-order valence-corrected chi connectivity index (χ4v) is 1.12. The van der Waals surface area contributed by atoms with E-state index in [0.29, 0.717) is 0 Å². The highest BCUT2D eigenvalue weighted by Gasteiger charge is 2.20. The van der Waals surface area contributed by atoms with Gasteiger partial charge in [-0.25, -0.2) is 0 Å². The molecule has 0 heterocycles. The number of unbranched alkanes of at least 4 members (excludes halogenated alkanes) is 1. The molecule has 0 aromatic carbocycles. The normalized spacial score (nSPS) is 14.8. The van der Waals surface area contributed by atoms with Crippen LogP contribution in [0.5, 0.6) is 0 Å². The first-order valence-corrected chi connectivity index (χ1v) is 5.44. The van der Waals surface area contributed by atoms with Crippen LogP contribution in [0, 0.1) is 0 Å². The maximum absolute atomic E-state index is 9.66. The van der Waals surface area contributed by atoms with Crippen molar-refractivity contribution < 1.29 is 5.11 Å². The van der Waals surface area contributed by atoms with Gasteiger partial charge in [-0.1, -0.05) is 0 Å². The van der Waals surface area contributed by atoms with Crippen molar-refractivity contribution in [2.24, 2.45) is 0 Å². The molecule has 0 saturated carbocycles. The maximum Gasteiger partial charge on any atom is 0.0741 e. The van der Waals surface area contributed by atoms with Crippen LogP contribution < -0.4 is 5.32 Å². The molecule has 3 nitrogen and oxygen atoms in total. The lowest BCUT2D eigenvalue weighted by Crippen LogP contribution is -2.44. The predicted molar refractivity (Wildman–Crippen MR) is 61.6 cm³/mol. The van der Waals surface area contributed by atoms with Crippen LogP contribution in [0.25, 0.3) is 0 Å². The Labute approximate surface area is 88.5 Å². The Morgan fingerprint density at radius 2 is 1.86 bits per heavy atom. The molecule has 0 bridgehead atoms. The highest BCUT2D eigenvalue weighted by molar-refractivity contribution is 4.79. The Morgan fingerprint density at radius 1 is 1.29 bits per heavy atom. The van der Waals surface area contributed by atoms with Gasteiger partial charge in [0.2, 0.25) is 0 Å². The van der Waals surface area contributed by atoms with Crippen LogP contribution in [0.2, 0.25) is 0 Å². The summed E-state index contributed by atoms with van der Waals surface area (Å²) in [5.74, 6) is 0. The predicted octanol–water partition coefficient (Wildman–Crippen LogP) is 1.08. The molecule has 86 valence electrons. The van der Waals surface area contributed by atoms with Crippen LogP contribution in [0.15, 0.2) is 0 Å². The Balaban J connectivity index is 3.37. The molecule has 0 aliphatic heterocycles. The van der Waals surface area contributed by atoms with Gasteiger partial charge in [0.1, 0.15) is 0 Å². The van der Waals surface area contributed by atoms with Gasteiger partial charge < -0.3 is 15.3 Å². The summed E-state index contributed by atoms with van der Waals surface area (Å²) in [6.45, 7) is 7.82. The summed E-state index contributed by atoms with van der Waals surface area (Å²) in [5.41, 5.74) is -0.623. The van der Waals surface area contributed by atoms with E-state index in [1.807, 2.05) is 20.8 Å². The van der Waals surface area contributed by atoms with Crippen molar-refractivity contribution in [2.75, 3.05) is 27.2 Å². The Kier molecular flexibility index (Phi) is 6.33. The second-order valence-corrected chi connectivity index (χ2v) is 4.84. The second kappa shape index (κ2) is 6.38. The number of hydrogen-bond donors (Lipinski definition) is 2. The standard InChI is InChI=1S/C11H26N2O/c1-10(11(2,3)14)12-8-6-7-9-13(4)5/h10,12,14H,6-9H2,1-5H3. The van der Waals surface area contributed by atoms with Gasteiger partial charge in [0.05, 0.1) is 5.60 Å². The fraction of sp³-hybridized carbons (Fsp3) is 1.00. The average Bonchev–Trinajstić information content (AvgIpc) is 2.01. The van der Waals surface area contributed by atoms with Gasteiger partial charge >= 0.3 is 0 Å². The van der Waals surface area contributed by atoms with Crippen LogP contribution >= 0.6 is 0 Å². The van der Waals surface area contributed by atoms with Crippen molar-refractivity contribution in [1.82, 2.24) is 10.2 Å². The van der Waals surface area contributed by atoms with Gasteiger partial charge in [-0.15, -0.1) is 0 Å². The molecule has 0 saturated heterocycles. The van der Waals surface area contributed by atoms with E-state index in [9.17, 15) is 5.11 Å². The van der Waals surface area contributed by atoms with Crippen LogP contribution in [-0.4, -0.2) is 48.8 Å². The number of nitrogens with one attached hydrogen (secondary N) is 1. The number of nitrogens with zero attached hydrogens (tertiary/aromatic N) is 1. The molecule has 0 radical (unpaired) electrons. The molecule has 0 amide bonds. The van der Waals surface area contributed by atoms with Crippen molar-refractivity contribution in [3.05, 3.63) is 0 Å². The van der Waals surface area contributed by atoms with Crippen molar-refractivity contribution in [1.29, 1.82) is 0 Å².